The molecule has 3 rings (SSSR count). The standard InChI is InChI=1S/C25H26N4O2/c1-3-29(4-2)23-16-10-19(11-17-23)18-26-28-25(31)21-12-14-22(15-13-21)27-24(30)20-8-6-5-7-9-20/h5-18H,3-4H2,1-2H3,(H,27,30)(H,28,31)/b26-18+. The minimum absolute atomic E-state index is 0.200. The van der Waals surface area contributed by atoms with Gasteiger partial charge in [-0.05, 0) is 67.9 Å². The Balaban J connectivity index is 1.54. The van der Waals surface area contributed by atoms with E-state index in [0.717, 1.165) is 24.3 Å². The average molecular weight is 415 g/mol. The van der Waals surface area contributed by atoms with Crippen LogP contribution < -0.4 is 15.6 Å². The SMILES string of the molecule is CCN(CC)c1ccc(/C=N/NC(=O)c2ccc(NC(=O)c3ccccc3)cc2)cc1. The zero-order valence-electron chi connectivity index (χ0n) is 17.7. The van der Waals surface area contributed by atoms with E-state index in [1.807, 2.05) is 42.5 Å². The van der Waals surface area contributed by atoms with Crippen LogP contribution in [-0.2, 0) is 0 Å². The summed E-state index contributed by atoms with van der Waals surface area (Å²) < 4.78 is 0. The van der Waals surface area contributed by atoms with Gasteiger partial charge >= 0.3 is 0 Å². The van der Waals surface area contributed by atoms with Gasteiger partial charge in [-0.25, -0.2) is 5.43 Å². The van der Waals surface area contributed by atoms with E-state index in [-0.39, 0.29) is 11.8 Å². The van der Waals surface area contributed by atoms with Crippen LogP contribution in [0.15, 0.2) is 84.0 Å². The molecule has 2 N–H and O–H groups in total. The van der Waals surface area contributed by atoms with Crippen LogP contribution in [0.1, 0.15) is 40.1 Å². The van der Waals surface area contributed by atoms with Gasteiger partial charge in [0.2, 0.25) is 0 Å². The van der Waals surface area contributed by atoms with Crippen LogP contribution in [0.3, 0.4) is 0 Å². The monoisotopic (exact) mass is 414 g/mol. The van der Waals surface area contributed by atoms with E-state index in [2.05, 4.69) is 34.6 Å². The average Bonchev–Trinajstić information content (AvgIpc) is 2.82. The van der Waals surface area contributed by atoms with Crippen molar-refractivity contribution in [3.05, 3.63) is 95.6 Å². The van der Waals surface area contributed by atoms with Crippen LogP contribution in [-0.4, -0.2) is 31.1 Å². The number of nitrogens with one attached hydrogen (secondary N) is 2. The minimum atomic E-state index is -0.322. The van der Waals surface area contributed by atoms with Crippen molar-refractivity contribution in [2.45, 2.75) is 13.8 Å². The first-order chi connectivity index (χ1) is 15.1. The van der Waals surface area contributed by atoms with Crippen LogP contribution >= 0.6 is 0 Å². The van der Waals surface area contributed by atoms with Crippen LogP contribution in [0, 0.1) is 0 Å². The maximum atomic E-state index is 12.3. The minimum Gasteiger partial charge on any atom is -0.372 e. The first kappa shape index (κ1) is 21.8. The molecule has 6 nitrogen and oxygen atoms in total. The highest BCUT2D eigenvalue weighted by molar-refractivity contribution is 6.04. The largest absolute Gasteiger partial charge is 0.372 e. The molecule has 0 atom stereocenters. The third-order valence-electron chi connectivity index (χ3n) is 4.84. The highest BCUT2D eigenvalue weighted by atomic mass is 16.2. The van der Waals surface area contributed by atoms with Gasteiger partial charge in [-0.3, -0.25) is 9.59 Å². The molecule has 0 spiro atoms. The number of hydrazone groups is 1. The molecule has 3 aromatic carbocycles. The normalized spacial score (nSPS) is 10.6. The molecule has 31 heavy (non-hydrogen) atoms. The number of anilines is 2. The number of amides is 2. The van der Waals surface area contributed by atoms with Gasteiger partial charge in [0.05, 0.1) is 6.21 Å². The fourth-order valence-electron chi connectivity index (χ4n) is 3.09. The summed E-state index contributed by atoms with van der Waals surface area (Å²) in [6.07, 6.45) is 1.61. The number of hydrogen-bond donors (Lipinski definition) is 2. The fraction of sp³-hybridized carbons (Fsp3) is 0.160. The summed E-state index contributed by atoms with van der Waals surface area (Å²) in [5.41, 5.74) is 6.22. The molecule has 0 bridgehead atoms. The summed E-state index contributed by atoms with van der Waals surface area (Å²) in [4.78, 5) is 26.7. The zero-order valence-corrected chi connectivity index (χ0v) is 17.7. The number of benzene rings is 3. The Morgan fingerprint density at radius 1 is 0.806 bits per heavy atom. The Morgan fingerprint density at radius 2 is 1.42 bits per heavy atom. The lowest BCUT2D eigenvalue weighted by Gasteiger charge is -2.20. The maximum Gasteiger partial charge on any atom is 0.271 e. The van der Waals surface area contributed by atoms with Crippen molar-refractivity contribution in [2.75, 3.05) is 23.3 Å². The van der Waals surface area contributed by atoms with E-state index >= 15 is 0 Å². The summed E-state index contributed by atoms with van der Waals surface area (Å²) in [6, 6.07) is 23.6. The third kappa shape index (κ3) is 6.02. The first-order valence-corrected chi connectivity index (χ1v) is 10.3. The quantitative estimate of drug-likeness (QED) is 0.420. The van der Waals surface area contributed by atoms with Gasteiger partial charge in [-0.15, -0.1) is 0 Å². The molecule has 2 amide bonds. The molecule has 0 unspecified atom stereocenters. The molecular formula is C25H26N4O2. The van der Waals surface area contributed by atoms with E-state index in [4.69, 9.17) is 0 Å². The van der Waals surface area contributed by atoms with Gasteiger partial charge < -0.3 is 10.2 Å². The lowest BCUT2D eigenvalue weighted by Crippen LogP contribution is -2.21. The second kappa shape index (κ2) is 10.7. The molecule has 0 aromatic heterocycles. The molecular weight excluding hydrogens is 388 g/mol. The van der Waals surface area contributed by atoms with Crippen molar-refractivity contribution in [2.24, 2.45) is 5.10 Å². The molecule has 0 saturated carbocycles. The van der Waals surface area contributed by atoms with Crippen molar-refractivity contribution in [3.8, 4) is 0 Å². The Labute approximate surface area is 182 Å². The molecule has 0 heterocycles. The number of hydrogen-bond acceptors (Lipinski definition) is 4. The van der Waals surface area contributed by atoms with Gasteiger partial charge in [0, 0.05) is 35.6 Å². The maximum absolute atomic E-state index is 12.3. The molecule has 0 aliphatic heterocycles. The number of carbonyl (C=O) groups excluding carboxylic acids is 2. The predicted molar refractivity (Wildman–Crippen MR) is 126 cm³/mol. The van der Waals surface area contributed by atoms with Gasteiger partial charge in [-0.1, -0.05) is 30.3 Å². The molecule has 158 valence electrons. The van der Waals surface area contributed by atoms with Crippen molar-refractivity contribution in [1.82, 2.24) is 5.43 Å². The Hall–Kier alpha value is -3.93. The highest BCUT2D eigenvalue weighted by Crippen LogP contribution is 2.14. The molecule has 0 radical (unpaired) electrons. The lowest BCUT2D eigenvalue weighted by atomic mass is 10.1. The Kier molecular flexibility index (Phi) is 7.54. The second-order valence-corrected chi connectivity index (χ2v) is 6.86. The molecule has 3 aromatic rings. The number of carbonyl (C=O) groups is 2. The Bertz CT molecular complexity index is 1030. The summed E-state index contributed by atoms with van der Waals surface area (Å²) in [7, 11) is 0. The van der Waals surface area contributed by atoms with Crippen LogP contribution in [0.2, 0.25) is 0 Å². The zero-order chi connectivity index (χ0) is 22.1. The molecule has 0 saturated heterocycles. The number of rotatable bonds is 8. The van der Waals surface area contributed by atoms with Gasteiger partial charge in [0.15, 0.2) is 0 Å². The molecule has 0 aliphatic carbocycles. The predicted octanol–water partition coefficient (Wildman–Crippen LogP) is 4.55. The first-order valence-electron chi connectivity index (χ1n) is 10.3. The van der Waals surface area contributed by atoms with Crippen LogP contribution in [0.4, 0.5) is 11.4 Å². The Morgan fingerprint density at radius 3 is 2.03 bits per heavy atom. The van der Waals surface area contributed by atoms with E-state index in [1.165, 1.54) is 0 Å². The second-order valence-electron chi connectivity index (χ2n) is 6.86. The van der Waals surface area contributed by atoms with Crippen molar-refractivity contribution < 1.29 is 9.59 Å². The van der Waals surface area contributed by atoms with Crippen molar-refractivity contribution in [3.63, 3.8) is 0 Å². The molecule has 0 fully saturated rings. The van der Waals surface area contributed by atoms with Gasteiger partial charge in [0.25, 0.3) is 11.8 Å². The van der Waals surface area contributed by atoms with Crippen molar-refractivity contribution >= 4 is 29.4 Å². The van der Waals surface area contributed by atoms with Gasteiger partial charge in [0.1, 0.15) is 0 Å². The summed E-state index contributed by atoms with van der Waals surface area (Å²) in [5.74, 6) is -0.522. The van der Waals surface area contributed by atoms with Crippen LogP contribution in [0.5, 0.6) is 0 Å². The smallest absolute Gasteiger partial charge is 0.271 e. The van der Waals surface area contributed by atoms with Crippen LogP contribution in [0.25, 0.3) is 0 Å². The molecule has 6 heteroatoms. The summed E-state index contributed by atoms with van der Waals surface area (Å²) >= 11 is 0. The summed E-state index contributed by atoms with van der Waals surface area (Å²) in [5, 5.41) is 6.84. The number of nitrogens with zero attached hydrogens (tertiary/aromatic N) is 2. The molecule has 0 aliphatic rings. The fourth-order valence-corrected chi connectivity index (χ4v) is 3.09. The van der Waals surface area contributed by atoms with E-state index < -0.39 is 0 Å². The third-order valence-corrected chi connectivity index (χ3v) is 4.84. The van der Waals surface area contributed by atoms with E-state index in [1.54, 1.807) is 42.6 Å². The lowest BCUT2D eigenvalue weighted by molar-refractivity contribution is 0.0954. The highest BCUT2D eigenvalue weighted by Gasteiger charge is 2.07. The van der Waals surface area contributed by atoms with Gasteiger partial charge in [-0.2, -0.15) is 5.10 Å². The van der Waals surface area contributed by atoms with E-state index in [0.29, 0.717) is 16.8 Å². The summed E-state index contributed by atoms with van der Waals surface area (Å²) in [6.45, 7) is 6.15. The topological polar surface area (TPSA) is 73.8 Å². The van der Waals surface area contributed by atoms with E-state index in [9.17, 15) is 9.59 Å². The van der Waals surface area contributed by atoms with Crippen molar-refractivity contribution in [1.29, 1.82) is 0 Å².